The minimum atomic E-state index is -5.49. The summed E-state index contributed by atoms with van der Waals surface area (Å²) in [6.45, 7) is -12.0. The number of fused-ring (bicyclic) bond motifs is 1. The normalized spacial score (nSPS) is 30.1. The lowest BCUT2D eigenvalue weighted by atomic mass is 9.92. The molecule has 4 aliphatic heterocycles. The van der Waals surface area contributed by atoms with E-state index in [4.69, 9.17) is 107 Å². The van der Waals surface area contributed by atoms with Gasteiger partial charge in [0.05, 0.1) is 135 Å². The van der Waals surface area contributed by atoms with Crippen molar-refractivity contribution in [3.05, 3.63) is 18.3 Å². The Bertz CT molecular complexity index is 3530. The third-order valence-corrected chi connectivity index (χ3v) is 23.7. The van der Waals surface area contributed by atoms with Crippen LogP contribution in [0.2, 0.25) is 0 Å². The van der Waals surface area contributed by atoms with Crippen LogP contribution < -0.4 is 16.0 Å². The smallest absolute Gasteiger partial charge is 0.396 e. The van der Waals surface area contributed by atoms with E-state index in [0.717, 1.165) is 20.8 Å². The highest BCUT2D eigenvalue weighted by molar-refractivity contribution is 7.53. The van der Waals surface area contributed by atoms with Crippen LogP contribution >= 0.6 is 46.7 Å². The number of aromatic nitrogens is 4. The third kappa shape index (κ3) is 34.1. The van der Waals surface area contributed by atoms with Crippen molar-refractivity contribution in [1.29, 1.82) is 0 Å². The number of carbonyl (C=O) groups is 3. The van der Waals surface area contributed by atoms with E-state index in [1.807, 2.05) is 0 Å². The first-order valence-electron chi connectivity index (χ1n) is 35.8. The number of aliphatic hydroxyl groups is 10. The second-order valence-corrected chi connectivity index (χ2v) is 36.5. The van der Waals surface area contributed by atoms with Crippen molar-refractivity contribution in [3.63, 3.8) is 0 Å². The van der Waals surface area contributed by atoms with Crippen molar-refractivity contribution in [2.45, 2.75) is 164 Å². The van der Waals surface area contributed by atoms with Gasteiger partial charge in [-0.3, -0.25) is 68.8 Å². The first-order chi connectivity index (χ1) is 55.9. The van der Waals surface area contributed by atoms with Crippen LogP contribution in [0.15, 0.2) is 12.7 Å². The van der Waals surface area contributed by atoms with Crippen LogP contribution in [0.4, 0.5) is 0 Å². The Labute approximate surface area is 677 Å². The summed E-state index contributed by atoms with van der Waals surface area (Å²) in [5.41, 5.74) is -1.83. The third-order valence-electron chi connectivity index (χ3n) is 17.2. The molecule has 2 aromatic rings. The summed E-state index contributed by atoms with van der Waals surface area (Å²) in [5.74, 6) is -3.18. The molecule has 119 heavy (non-hydrogen) atoms. The number of amides is 3. The van der Waals surface area contributed by atoms with E-state index < -0.39 is 338 Å². The van der Waals surface area contributed by atoms with Gasteiger partial charge < -0.3 is 158 Å². The summed E-state index contributed by atoms with van der Waals surface area (Å²) < 4.78 is 202. The fourth-order valence-electron chi connectivity index (χ4n) is 11.1. The number of hydrogen-bond acceptors (Lipinski definition) is 45. The fourth-order valence-corrected chi connectivity index (χ4v) is 15.1. The Kier molecular flexibility index (Phi) is 43.2. The number of nitrogens with one attached hydrogen (secondary N) is 3. The van der Waals surface area contributed by atoms with Gasteiger partial charge in [0.25, 0.3) is 0 Å². The Hall–Kier alpha value is -3.22. The molecule has 0 aromatic carbocycles. The van der Waals surface area contributed by atoms with Crippen molar-refractivity contribution < 1.29 is 229 Å². The molecule has 0 saturated carbocycles. The summed E-state index contributed by atoms with van der Waals surface area (Å²) in [5, 5.41) is 109. The van der Waals surface area contributed by atoms with Gasteiger partial charge in [0.2, 0.25) is 17.7 Å². The maximum absolute atomic E-state index is 13.7. The molecule has 4 fully saturated rings. The molecule has 0 spiro atoms. The molecule has 0 radical (unpaired) electrons. The van der Waals surface area contributed by atoms with Crippen LogP contribution in [0.25, 0.3) is 11.2 Å². The van der Waals surface area contributed by atoms with Crippen molar-refractivity contribution in [2.75, 3.05) is 146 Å². The van der Waals surface area contributed by atoms with Gasteiger partial charge in [-0.2, -0.15) is 0 Å². The maximum atomic E-state index is 13.7. The van der Waals surface area contributed by atoms with Crippen LogP contribution in [0, 0.1) is 18.3 Å². The minimum absolute atomic E-state index is 0.166. The molecular formula is C58H105N7O48P6. The lowest BCUT2D eigenvalue weighted by Gasteiger charge is -2.42. The van der Waals surface area contributed by atoms with E-state index in [1.165, 1.54) is 31.1 Å². The number of rotatable bonds is 57. The average Bonchev–Trinajstić information content (AvgIpc) is 1.65. The Balaban J connectivity index is 1.12. The number of aryl methyl sites for hydroxylation is 1. The summed E-state index contributed by atoms with van der Waals surface area (Å²) in [6.07, 6.45) is -20.4. The van der Waals surface area contributed by atoms with Gasteiger partial charge in [0, 0.05) is 33.1 Å². The second-order valence-electron chi connectivity index (χ2n) is 26.8. The van der Waals surface area contributed by atoms with Crippen LogP contribution in [0.3, 0.4) is 0 Å². The summed E-state index contributed by atoms with van der Waals surface area (Å²) >= 11 is 0. The van der Waals surface area contributed by atoms with Gasteiger partial charge in [-0.05, 0) is 6.92 Å². The van der Waals surface area contributed by atoms with Gasteiger partial charge in [-0.1, -0.05) is 13.8 Å². The molecular weight excluding hydrogens is 1750 g/mol. The molecule has 25 atom stereocenters. The summed E-state index contributed by atoms with van der Waals surface area (Å²) in [4.78, 5) is 112. The van der Waals surface area contributed by atoms with Crippen LogP contribution in [-0.4, -0.2) is 374 Å². The van der Waals surface area contributed by atoms with E-state index >= 15 is 0 Å². The average molecular weight is 1850 g/mol. The van der Waals surface area contributed by atoms with Crippen molar-refractivity contribution in [2.24, 2.45) is 11.3 Å². The Morgan fingerprint density at radius 1 is 0.487 bits per heavy atom. The number of ether oxygens (including phenoxy) is 12. The predicted molar refractivity (Wildman–Crippen MR) is 384 cm³/mol. The number of imidazole rings is 1. The zero-order valence-electron chi connectivity index (χ0n) is 64.7. The number of aliphatic hydroxyl groups excluding tert-OH is 10. The van der Waals surface area contributed by atoms with Gasteiger partial charge in [-0.25, -0.2) is 37.8 Å². The standard InChI is InChI=1S/C58H105N7O48P6/c1-32(2)114(79,80)102-20-42-38(13-43(109-42)65-26-61-44-33(3)59-25-60-54(44)65)113-119(89,90)108-28-92-19-37(14-66)18-91-27-104-118(87,88)103-24-58(21-93-29-105-115(81,82)99-10-7-96-55-45(62-34(4)70)51(76)48(73)39(15-67)110-55,22-94-30-106-116(83,84)100-11-8-97-56-46(63-35(5)71)52(77)49(74)40(16-68)111-56)23-95-31-107-117(85,86)101-12-9-98-57-47(64-36(6)72)53(78)50(75)41(17-69)112-57/h25-26,32,37-43,45-53,55-57,66-69,73-78H,7-24,27-31H2,1-6H3,(H,62,70)(H,63,71)(H,64,72)(H,79,80)(H,81,82)(H,83,84)(H,85,86)(H,87,88)(H,89,90)/t37?,38-,39?,40?,41?,42+,43+,45-,46-,47-,48-,49-,50-,51?,52?,53?,55+,56+,57+,58?/m0/s1. The van der Waals surface area contributed by atoms with Gasteiger partial charge in [-0.15, -0.1) is 0 Å². The zero-order chi connectivity index (χ0) is 88.3. The molecule has 6 heterocycles. The SMILES string of the molecule is CC(=O)N[C@H]1C(O)[C@@H](O)C(CO)O[C@H]1OCCOP(=O)(O)OCOCC(COCOP(=O)(O)OCCO[C@@H]1OC(CO)[C@H](O)C(O)[C@@H]1NC(C)=O)(COCOP(=O)(O)OCCO[C@@H]1OC(CO)[C@H](O)C(O)[C@@H]1NC(C)=O)COP(=O)(O)OCOCC(CO)COCOP(=O)(O)O[C@H]1C[C@H](n2cnc3c(C)ncnc32)O[C@@H]1COP(=O)(O)C(C)C. The number of phosphoric acid groups is 5. The topological polar surface area (TPSA) is 769 Å². The number of hydrogen-bond donors (Lipinski definition) is 19. The van der Waals surface area contributed by atoms with Crippen LogP contribution in [0.5, 0.6) is 0 Å². The lowest BCUT2D eigenvalue weighted by Crippen LogP contribution is -2.64. The largest absolute Gasteiger partial charge is 0.474 e. The summed E-state index contributed by atoms with van der Waals surface area (Å²) in [6, 6.07) is -4.31. The van der Waals surface area contributed by atoms with Crippen LogP contribution in [-0.2, 0) is 148 Å². The van der Waals surface area contributed by atoms with Gasteiger partial charge >= 0.3 is 46.7 Å². The molecule has 0 bridgehead atoms. The molecule has 19 N–H and O–H groups in total. The molecule has 61 heteroatoms. The molecule has 55 nitrogen and oxygen atoms in total. The first-order valence-corrected chi connectivity index (χ1v) is 45.0. The molecule has 3 amide bonds. The van der Waals surface area contributed by atoms with Crippen molar-refractivity contribution in [1.82, 2.24) is 35.5 Å². The molecule has 13 unspecified atom stereocenters. The predicted octanol–water partition coefficient (Wildman–Crippen LogP) is -5.58. The highest BCUT2D eigenvalue weighted by Crippen LogP contribution is 2.52. The Morgan fingerprint density at radius 2 is 0.866 bits per heavy atom. The Morgan fingerprint density at radius 3 is 1.24 bits per heavy atom. The molecule has 4 aliphatic rings. The molecule has 2 aromatic heterocycles. The van der Waals surface area contributed by atoms with Gasteiger partial charge in [0.1, 0.15) is 103 Å². The van der Waals surface area contributed by atoms with Crippen molar-refractivity contribution in [3.8, 4) is 0 Å². The molecule has 0 aliphatic carbocycles. The van der Waals surface area contributed by atoms with E-state index in [1.54, 1.807) is 6.92 Å². The molecule has 6 rings (SSSR count). The van der Waals surface area contributed by atoms with Crippen LogP contribution in [0.1, 0.15) is 53.0 Å². The van der Waals surface area contributed by atoms with E-state index in [9.17, 15) is 122 Å². The number of carbonyl (C=O) groups excluding carboxylic acids is 3. The van der Waals surface area contributed by atoms with Gasteiger partial charge in [0.15, 0.2) is 58.5 Å². The maximum Gasteiger partial charge on any atom is 0.474 e. The number of nitrogens with zero attached hydrogens (tertiary/aromatic N) is 4. The zero-order valence-corrected chi connectivity index (χ0v) is 70.0. The van der Waals surface area contributed by atoms with Crippen molar-refractivity contribution >= 4 is 75.6 Å². The highest BCUT2D eigenvalue weighted by atomic mass is 31.2. The first kappa shape index (κ1) is 105. The second kappa shape index (κ2) is 49.2. The number of phosphoric ester groups is 5. The van der Waals surface area contributed by atoms with E-state index in [2.05, 4.69) is 30.9 Å². The molecule has 4 saturated heterocycles. The lowest BCUT2D eigenvalue weighted by molar-refractivity contribution is -0.271. The molecule has 690 valence electrons. The fraction of sp³-hybridized carbons (Fsp3) is 0.862. The highest BCUT2D eigenvalue weighted by Gasteiger charge is 2.50. The summed E-state index contributed by atoms with van der Waals surface area (Å²) in [7, 11) is -30.6. The quantitative estimate of drug-likeness (QED) is 0.0167. The van der Waals surface area contributed by atoms with E-state index in [-0.39, 0.29) is 6.42 Å². The van der Waals surface area contributed by atoms with E-state index in [0.29, 0.717) is 16.9 Å². The minimum Gasteiger partial charge on any atom is -0.396 e. The monoisotopic (exact) mass is 1850 g/mol.